The monoisotopic (exact) mass is 270 g/mol. The van der Waals surface area contributed by atoms with Gasteiger partial charge in [0, 0.05) is 12.0 Å². The van der Waals surface area contributed by atoms with Crippen molar-refractivity contribution in [2.45, 2.75) is 19.4 Å². The molecule has 1 N–H and O–H groups in total. The smallest absolute Gasteiger partial charge is 0.162 e. The third-order valence-corrected chi connectivity index (χ3v) is 3.09. The van der Waals surface area contributed by atoms with Gasteiger partial charge in [-0.05, 0) is 29.8 Å². The van der Waals surface area contributed by atoms with Crippen molar-refractivity contribution < 1.29 is 14.6 Å². The van der Waals surface area contributed by atoms with Gasteiger partial charge in [0.2, 0.25) is 0 Å². The van der Waals surface area contributed by atoms with Crippen molar-refractivity contribution >= 4 is 5.78 Å². The Labute approximate surface area is 118 Å². The number of aliphatic hydroxyl groups excluding tert-OH is 1. The average molecular weight is 270 g/mol. The number of aliphatic hydroxyl groups is 1. The number of carbonyl (C=O) groups excluding carboxylic acids is 1. The van der Waals surface area contributed by atoms with Crippen LogP contribution in [-0.2, 0) is 0 Å². The number of ether oxygens (including phenoxy) is 1. The summed E-state index contributed by atoms with van der Waals surface area (Å²) in [4.78, 5) is 11.5. The Kier molecular flexibility index (Phi) is 4.91. The summed E-state index contributed by atoms with van der Waals surface area (Å²) in [5.41, 5.74) is 1.51. The maximum Gasteiger partial charge on any atom is 0.162 e. The molecule has 0 heterocycles. The molecule has 0 amide bonds. The van der Waals surface area contributed by atoms with Crippen molar-refractivity contribution in [3.63, 3.8) is 0 Å². The standard InChI is InChI=1S/C17H18O3/c1-2-16(18)14-8-10-15(11-9-14)20-12-17(19)13-6-4-3-5-7-13/h3-11,17,19H,2,12H2,1H3. The summed E-state index contributed by atoms with van der Waals surface area (Å²) in [7, 11) is 0. The van der Waals surface area contributed by atoms with E-state index in [-0.39, 0.29) is 12.4 Å². The fourth-order valence-corrected chi connectivity index (χ4v) is 1.89. The lowest BCUT2D eigenvalue weighted by atomic mass is 10.1. The summed E-state index contributed by atoms with van der Waals surface area (Å²) >= 11 is 0. The molecule has 0 saturated heterocycles. The highest BCUT2D eigenvalue weighted by Gasteiger charge is 2.08. The highest BCUT2D eigenvalue weighted by Crippen LogP contribution is 2.17. The molecule has 3 heteroatoms. The molecule has 104 valence electrons. The molecule has 0 radical (unpaired) electrons. The van der Waals surface area contributed by atoms with Gasteiger partial charge in [0.15, 0.2) is 5.78 Å². The van der Waals surface area contributed by atoms with Crippen LogP contribution >= 0.6 is 0 Å². The number of hydrogen-bond donors (Lipinski definition) is 1. The van der Waals surface area contributed by atoms with Gasteiger partial charge in [0.1, 0.15) is 18.5 Å². The summed E-state index contributed by atoms with van der Waals surface area (Å²) in [5, 5.41) is 9.98. The molecule has 0 spiro atoms. The lowest BCUT2D eigenvalue weighted by Crippen LogP contribution is -2.09. The zero-order valence-electron chi connectivity index (χ0n) is 11.5. The fourth-order valence-electron chi connectivity index (χ4n) is 1.89. The molecule has 1 atom stereocenters. The summed E-state index contributed by atoms with van der Waals surface area (Å²) in [6.07, 6.45) is -0.166. The second kappa shape index (κ2) is 6.87. The SMILES string of the molecule is CCC(=O)c1ccc(OCC(O)c2ccccc2)cc1. The van der Waals surface area contributed by atoms with Crippen molar-refractivity contribution in [1.82, 2.24) is 0 Å². The summed E-state index contributed by atoms with van der Waals surface area (Å²) in [6.45, 7) is 2.02. The van der Waals surface area contributed by atoms with Crippen LogP contribution in [0, 0.1) is 0 Å². The van der Waals surface area contributed by atoms with Crippen LogP contribution in [0.5, 0.6) is 5.75 Å². The zero-order chi connectivity index (χ0) is 14.4. The minimum absolute atomic E-state index is 0.112. The minimum atomic E-state index is -0.659. The summed E-state index contributed by atoms with van der Waals surface area (Å²) in [6, 6.07) is 16.4. The normalized spacial score (nSPS) is 11.9. The molecular formula is C17H18O3. The molecule has 2 aromatic carbocycles. The predicted octanol–water partition coefficient (Wildman–Crippen LogP) is 3.39. The van der Waals surface area contributed by atoms with Gasteiger partial charge < -0.3 is 9.84 Å². The fraction of sp³-hybridized carbons (Fsp3) is 0.235. The van der Waals surface area contributed by atoms with E-state index in [0.29, 0.717) is 17.7 Å². The zero-order valence-corrected chi connectivity index (χ0v) is 11.5. The molecule has 0 aliphatic carbocycles. The number of Topliss-reactive ketones (excluding diaryl/α,β-unsaturated/α-hetero) is 1. The van der Waals surface area contributed by atoms with Crippen LogP contribution in [0.1, 0.15) is 35.4 Å². The van der Waals surface area contributed by atoms with Gasteiger partial charge in [-0.3, -0.25) is 4.79 Å². The van der Waals surface area contributed by atoms with Crippen molar-refractivity contribution in [3.05, 3.63) is 65.7 Å². The molecule has 0 aliphatic rings. The van der Waals surface area contributed by atoms with Crippen molar-refractivity contribution in [2.75, 3.05) is 6.61 Å². The van der Waals surface area contributed by atoms with E-state index in [9.17, 15) is 9.90 Å². The van der Waals surface area contributed by atoms with Crippen LogP contribution in [0.4, 0.5) is 0 Å². The number of ketones is 1. The number of carbonyl (C=O) groups is 1. The number of hydrogen-bond acceptors (Lipinski definition) is 3. The molecule has 2 rings (SSSR count). The Morgan fingerprint density at radius 3 is 2.35 bits per heavy atom. The third-order valence-electron chi connectivity index (χ3n) is 3.09. The van der Waals surface area contributed by atoms with E-state index in [1.54, 1.807) is 24.3 Å². The highest BCUT2D eigenvalue weighted by molar-refractivity contribution is 5.95. The van der Waals surface area contributed by atoms with Crippen LogP contribution < -0.4 is 4.74 Å². The summed E-state index contributed by atoms with van der Waals surface area (Å²) in [5.74, 6) is 0.758. The van der Waals surface area contributed by atoms with E-state index in [4.69, 9.17) is 4.74 Å². The maximum atomic E-state index is 11.5. The van der Waals surface area contributed by atoms with Crippen LogP contribution in [0.2, 0.25) is 0 Å². The Morgan fingerprint density at radius 2 is 1.75 bits per heavy atom. The van der Waals surface area contributed by atoms with Gasteiger partial charge in [-0.1, -0.05) is 37.3 Å². The topological polar surface area (TPSA) is 46.5 Å². The third kappa shape index (κ3) is 3.68. The van der Waals surface area contributed by atoms with E-state index >= 15 is 0 Å². The molecular weight excluding hydrogens is 252 g/mol. The average Bonchev–Trinajstić information content (AvgIpc) is 2.53. The number of benzene rings is 2. The van der Waals surface area contributed by atoms with Crippen molar-refractivity contribution in [3.8, 4) is 5.75 Å². The van der Waals surface area contributed by atoms with Gasteiger partial charge in [-0.15, -0.1) is 0 Å². The maximum absolute atomic E-state index is 11.5. The first kappa shape index (κ1) is 14.3. The largest absolute Gasteiger partial charge is 0.491 e. The second-order valence-corrected chi connectivity index (χ2v) is 4.54. The van der Waals surface area contributed by atoms with Crippen LogP contribution in [0.25, 0.3) is 0 Å². The Hall–Kier alpha value is -2.13. The lowest BCUT2D eigenvalue weighted by Gasteiger charge is -2.12. The van der Waals surface area contributed by atoms with E-state index in [0.717, 1.165) is 5.56 Å². The van der Waals surface area contributed by atoms with Gasteiger partial charge in [0.05, 0.1) is 0 Å². The van der Waals surface area contributed by atoms with Gasteiger partial charge in [-0.25, -0.2) is 0 Å². The minimum Gasteiger partial charge on any atom is -0.491 e. The van der Waals surface area contributed by atoms with Crippen molar-refractivity contribution in [1.29, 1.82) is 0 Å². The van der Waals surface area contributed by atoms with Crippen molar-refractivity contribution in [2.24, 2.45) is 0 Å². The van der Waals surface area contributed by atoms with Gasteiger partial charge in [0.25, 0.3) is 0 Å². The van der Waals surface area contributed by atoms with E-state index in [2.05, 4.69) is 0 Å². The quantitative estimate of drug-likeness (QED) is 0.818. The van der Waals surface area contributed by atoms with Gasteiger partial charge in [-0.2, -0.15) is 0 Å². The van der Waals surface area contributed by atoms with Crippen LogP contribution in [-0.4, -0.2) is 17.5 Å². The Bertz CT molecular complexity index is 546. The molecule has 3 nitrogen and oxygen atoms in total. The number of rotatable bonds is 6. The molecule has 0 aromatic heterocycles. The highest BCUT2D eigenvalue weighted by atomic mass is 16.5. The molecule has 0 aliphatic heterocycles. The predicted molar refractivity (Wildman–Crippen MR) is 78.0 cm³/mol. The molecule has 0 bridgehead atoms. The Balaban J connectivity index is 1.93. The van der Waals surface area contributed by atoms with Gasteiger partial charge >= 0.3 is 0 Å². The molecule has 0 fully saturated rings. The first-order chi connectivity index (χ1) is 9.70. The lowest BCUT2D eigenvalue weighted by molar-refractivity contribution is 0.0987. The first-order valence-electron chi connectivity index (χ1n) is 6.69. The molecule has 20 heavy (non-hydrogen) atoms. The van der Waals surface area contributed by atoms with Crippen LogP contribution in [0.3, 0.4) is 0 Å². The molecule has 1 unspecified atom stereocenters. The summed E-state index contributed by atoms with van der Waals surface area (Å²) < 4.78 is 5.53. The van der Waals surface area contributed by atoms with E-state index < -0.39 is 6.10 Å². The first-order valence-corrected chi connectivity index (χ1v) is 6.69. The Morgan fingerprint density at radius 1 is 1.10 bits per heavy atom. The van der Waals surface area contributed by atoms with E-state index in [1.165, 1.54) is 0 Å². The van der Waals surface area contributed by atoms with E-state index in [1.807, 2.05) is 37.3 Å². The van der Waals surface area contributed by atoms with Crippen LogP contribution in [0.15, 0.2) is 54.6 Å². The molecule has 2 aromatic rings. The molecule has 0 saturated carbocycles. The second-order valence-electron chi connectivity index (χ2n) is 4.54.